The molecule has 0 atom stereocenters. The van der Waals surface area contributed by atoms with Crippen molar-refractivity contribution in [2.24, 2.45) is 0 Å². The van der Waals surface area contributed by atoms with Crippen molar-refractivity contribution in [1.82, 2.24) is 14.9 Å². The number of nitro groups is 1. The normalized spacial score (nSPS) is 17.8. The molecule has 1 N–H and O–H groups in total. The number of benzene rings is 1. The summed E-state index contributed by atoms with van der Waals surface area (Å²) in [6.45, 7) is 4.33. The van der Waals surface area contributed by atoms with Crippen LogP contribution < -0.4 is 10.2 Å². The Morgan fingerprint density at radius 2 is 1.93 bits per heavy atom. The van der Waals surface area contributed by atoms with Crippen molar-refractivity contribution in [3.05, 3.63) is 58.3 Å². The van der Waals surface area contributed by atoms with Gasteiger partial charge in [-0.1, -0.05) is 42.5 Å². The summed E-state index contributed by atoms with van der Waals surface area (Å²) in [6.07, 6.45) is 7.71. The summed E-state index contributed by atoms with van der Waals surface area (Å²) in [5.41, 5.74) is 1.15. The molecule has 2 fully saturated rings. The summed E-state index contributed by atoms with van der Waals surface area (Å²) in [5, 5.41) is 14.4. The first-order chi connectivity index (χ1) is 13.7. The lowest BCUT2D eigenvalue weighted by Gasteiger charge is -2.34. The molecule has 0 amide bonds. The highest BCUT2D eigenvalue weighted by Crippen LogP contribution is 2.30. The van der Waals surface area contributed by atoms with Gasteiger partial charge in [0.25, 0.3) is 0 Å². The fraction of sp³-hybridized carbons (Fsp3) is 0.400. The van der Waals surface area contributed by atoms with Crippen LogP contribution in [0, 0.1) is 10.1 Å². The molecule has 8 nitrogen and oxygen atoms in total. The van der Waals surface area contributed by atoms with Gasteiger partial charge in [-0.15, -0.1) is 0 Å². The van der Waals surface area contributed by atoms with E-state index in [9.17, 15) is 10.1 Å². The van der Waals surface area contributed by atoms with Gasteiger partial charge in [-0.2, -0.15) is 4.98 Å². The molecule has 1 aliphatic heterocycles. The van der Waals surface area contributed by atoms with E-state index in [0.29, 0.717) is 17.8 Å². The molecule has 1 aliphatic carbocycles. The molecule has 0 spiro atoms. The predicted octanol–water partition coefficient (Wildman–Crippen LogP) is 2.79. The van der Waals surface area contributed by atoms with E-state index in [1.807, 2.05) is 18.2 Å². The van der Waals surface area contributed by atoms with Gasteiger partial charge in [0.05, 0.1) is 4.92 Å². The third-order valence-corrected chi connectivity index (χ3v) is 5.00. The highest BCUT2D eigenvalue weighted by Gasteiger charge is 2.28. The summed E-state index contributed by atoms with van der Waals surface area (Å²) < 4.78 is 0. The fourth-order valence-corrected chi connectivity index (χ4v) is 3.21. The van der Waals surface area contributed by atoms with Gasteiger partial charge in [-0.05, 0) is 18.4 Å². The lowest BCUT2D eigenvalue weighted by Crippen LogP contribution is -2.47. The average Bonchev–Trinajstić information content (AvgIpc) is 3.53. The molecular weight excluding hydrogens is 356 g/mol. The van der Waals surface area contributed by atoms with Gasteiger partial charge in [-0.3, -0.25) is 15.0 Å². The van der Waals surface area contributed by atoms with Gasteiger partial charge in [-0.25, -0.2) is 4.98 Å². The van der Waals surface area contributed by atoms with E-state index in [1.165, 1.54) is 11.8 Å². The number of rotatable bonds is 7. The van der Waals surface area contributed by atoms with Crippen LogP contribution in [0.15, 0.2) is 42.6 Å². The van der Waals surface area contributed by atoms with Gasteiger partial charge in [0.2, 0.25) is 11.8 Å². The fourth-order valence-electron chi connectivity index (χ4n) is 3.21. The Bertz CT molecular complexity index is 845. The molecule has 0 radical (unpaired) electrons. The van der Waals surface area contributed by atoms with Gasteiger partial charge in [0.15, 0.2) is 0 Å². The number of hydrogen-bond donors (Lipinski definition) is 1. The second-order valence-electron chi connectivity index (χ2n) is 7.18. The minimum atomic E-state index is -0.425. The molecule has 2 heterocycles. The molecule has 1 aromatic heterocycles. The zero-order valence-corrected chi connectivity index (χ0v) is 15.7. The molecule has 0 unspecified atom stereocenters. The quantitative estimate of drug-likeness (QED) is 0.584. The van der Waals surface area contributed by atoms with Crippen LogP contribution in [0.5, 0.6) is 0 Å². The Morgan fingerprint density at radius 1 is 1.18 bits per heavy atom. The van der Waals surface area contributed by atoms with Crippen molar-refractivity contribution >= 4 is 23.5 Å². The number of piperazine rings is 1. The molecule has 4 rings (SSSR count). The third kappa shape index (κ3) is 4.64. The van der Waals surface area contributed by atoms with Crippen LogP contribution in [-0.4, -0.2) is 58.6 Å². The molecule has 2 aliphatic rings. The number of nitrogens with zero attached hydrogens (tertiary/aromatic N) is 5. The SMILES string of the molecule is O=[N+]([O-])c1cnc(N2CCN(C/C=C/c3ccccc3)CC2)nc1NC1CC1. The molecule has 1 aromatic carbocycles. The van der Waals surface area contributed by atoms with E-state index >= 15 is 0 Å². The average molecular weight is 380 g/mol. The molecule has 2 aromatic rings. The maximum absolute atomic E-state index is 11.2. The Morgan fingerprint density at radius 3 is 2.61 bits per heavy atom. The van der Waals surface area contributed by atoms with Crippen LogP contribution in [0.3, 0.4) is 0 Å². The first-order valence-electron chi connectivity index (χ1n) is 9.66. The van der Waals surface area contributed by atoms with E-state index in [0.717, 1.165) is 45.6 Å². The topological polar surface area (TPSA) is 87.4 Å². The number of hydrogen-bond acceptors (Lipinski definition) is 7. The minimum Gasteiger partial charge on any atom is -0.361 e. The number of aromatic nitrogens is 2. The van der Waals surface area contributed by atoms with Gasteiger partial charge in [0, 0.05) is 38.8 Å². The van der Waals surface area contributed by atoms with E-state index in [4.69, 9.17) is 0 Å². The second kappa shape index (κ2) is 8.35. The predicted molar refractivity (Wildman–Crippen MR) is 109 cm³/mol. The molecule has 1 saturated carbocycles. The molecule has 28 heavy (non-hydrogen) atoms. The van der Waals surface area contributed by atoms with Crippen molar-refractivity contribution in [3.63, 3.8) is 0 Å². The lowest BCUT2D eigenvalue weighted by atomic mass is 10.2. The minimum absolute atomic E-state index is 0.0552. The van der Waals surface area contributed by atoms with Crippen molar-refractivity contribution in [2.45, 2.75) is 18.9 Å². The zero-order valence-electron chi connectivity index (χ0n) is 15.7. The van der Waals surface area contributed by atoms with Crippen LogP contribution in [0.4, 0.5) is 17.5 Å². The largest absolute Gasteiger partial charge is 0.361 e. The number of anilines is 2. The number of nitrogens with one attached hydrogen (secondary N) is 1. The summed E-state index contributed by atoms with van der Waals surface area (Å²) >= 11 is 0. The maximum Gasteiger partial charge on any atom is 0.329 e. The smallest absolute Gasteiger partial charge is 0.329 e. The van der Waals surface area contributed by atoms with Crippen LogP contribution in [0.1, 0.15) is 18.4 Å². The summed E-state index contributed by atoms with van der Waals surface area (Å²) in [6, 6.07) is 10.6. The lowest BCUT2D eigenvalue weighted by molar-refractivity contribution is -0.384. The Hall–Kier alpha value is -3.00. The van der Waals surface area contributed by atoms with E-state index in [2.05, 4.69) is 49.4 Å². The van der Waals surface area contributed by atoms with Gasteiger partial charge < -0.3 is 10.2 Å². The Labute approximate surface area is 164 Å². The molecular formula is C20H24N6O2. The summed E-state index contributed by atoms with van der Waals surface area (Å²) in [4.78, 5) is 24.0. The highest BCUT2D eigenvalue weighted by atomic mass is 16.6. The molecule has 146 valence electrons. The summed E-state index contributed by atoms with van der Waals surface area (Å²) in [7, 11) is 0. The van der Waals surface area contributed by atoms with Crippen LogP contribution in [0.2, 0.25) is 0 Å². The van der Waals surface area contributed by atoms with Crippen molar-refractivity contribution < 1.29 is 4.92 Å². The molecule has 1 saturated heterocycles. The monoisotopic (exact) mass is 380 g/mol. The van der Waals surface area contributed by atoms with Crippen molar-refractivity contribution in [1.29, 1.82) is 0 Å². The molecule has 0 bridgehead atoms. The highest BCUT2D eigenvalue weighted by molar-refractivity contribution is 5.58. The maximum atomic E-state index is 11.2. The van der Waals surface area contributed by atoms with Crippen molar-refractivity contribution in [2.75, 3.05) is 42.9 Å². The van der Waals surface area contributed by atoms with Crippen LogP contribution in [-0.2, 0) is 0 Å². The van der Waals surface area contributed by atoms with Crippen LogP contribution >= 0.6 is 0 Å². The van der Waals surface area contributed by atoms with Gasteiger partial charge >= 0.3 is 5.69 Å². The zero-order chi connectivity index (χ0) is 19.3. The first-order valence-corrected chi connectivity index (χ1v) is 9.66. The van der Waals surface area contributed by atoms with E-state index < -0.39 is 4.92 Å². The van der Waals surface area contributed by atoms with Gasteiger partial charge in [0.1, 0.15) is 6.20 Å². The van der Waals surface area contributed by atoms with Crippen molar-refractivity contribution in [3.8, 4) is 0 Å². The standard InChI is InChI=1S/C20H24N6O2/c27-26(28)18-15-21-20(23-19(18)22-17-8-9-17)25-13-11-24(12-14-25)10-4-7-16-5-2-1-3-6-16/h1-7,15,17H,8-14H2,(H,21,22,23)/b7-4+. The first kappa shape index (κ1) is 18.4. The molecule has 8 heteroatoms. The van der Waals surface area contributed by atoms with E-state index in [-0.39, 0.29) is 5.69 Å². The second-order valence-corrected chi connectivity index (χ2v) is 7.18. The third-order valence-electron chi connectivity index (χ3n) is 5.00. The summed E-state index contributed by atoms with van der Waals surface area (Å²) in [5.74, 6) is 0.902. The van der Waals surface area contributed by atoms with Crippen LogP contribution in [0.25, 0.3) is 6.08 Å². The van der Waals surface area contributed by atoms with E-state index in [1.54, 1.807) is 0 Å². The Kier molecular flexibility index (Phi) is 5.48. The Balaban J connectivity index is 1.34.